The number of hydrogen-bond acceptors (Lipinski definition) is 4. The molecule has 2 heterocycles. The molecule has 4 nitrogen and oxygen atoms in total. The molecular weight excluding hydrogens is 721 g/mol. The van der Waals surface area contributed by atoms with Crippen molar-refractivity contribution in [3.63, 3.8) is 0 Å². The molecule has 0 atom stereocenters. The van der Waals surface area contributed by atoms with E-state index < -0.39 is 0 Å². The molecule has 0 N–H and O–H groups in total. The van der Waals surface area contributed by atoms with Gasteiger partial charge in [-0.15, -0.1) is 0 Å². The molecule has 0 saturated heterocycles. The Morgan fingerprint density at radius 2 is 0.712 bits per heavy atom. The van der Waals surface area contributed by atoms with Crippen LogP contribution in [0.25, 0.3) is 65.4 Å². The van der Waals surface area contributed by atoms with Gasteiger partial charge in [0.2, 0.25) is 0 Å². The molecule has 0 spiro atoms. The molecule has 11 rings (SSSR count). The summed E-state index contributed by atoms with van der Waals surface area (Å²) in [5.74, 6) is 0. The first-order chi connectivity index (χ1) is 28.7. The van der Waals surface area contributed by atoms with E-state index in [1.807, 2.05) is 0 Å². The molecule has 0 fully saturated rings. The molecule has 2 aromatic heterocycles. The van der Waals surface area contributed by atoms with Crippen molar-refractivity contribution in [2.24, 2.45) is 0 Å². The lowest BCUT2D eigenvalue weighted by molar-refractivity contribution is 0.656. The average Bonchev–Trinajstić information content (AvgIpc) is 3.77. The van der Waals surface area contributed by atoms with Crippen molar-refractivity contribution in [1.29, 1.82) is 0 Å². The lowest BCUT2D eigenvalue weighted by atomic mass is 9.98. The zero-order valence-electron chi connectivity index (χ0n) is 33.8. The monoisotopic (exact) mass is 762 g/mol. The van der Waals surface area contributed by atoms with Crippen molar-refractivity contribution in [2.75, 3.05) is 9.80 Å². The molecule has 0 aliphatic carbocycles. The first kappa shape index (κ1) is 34.9. The largest absolute Gasteiger partial charge is 0.456 e. The number of benzene rings is 9. The molecule has 11 aromatic rings. The minimum Gasteiger partial charge on any atom is -0.456 e. The van der Waals surface area contributed by atoms with Crippen molar-refractivity contribution >= 4 is 99.5 Å². The summed E-state index contributed by atoms with van der Waals surface area (Å²) in [6.07, 6.45) is 0. The van der Waals surface area contributed by atoms with Gasteiger partial charge in [-0.25, -0.2) is 0 Å². The Bertz CT molecular complexity index is 3220. The fourth-order valence-corrected chi connectivity index (χ4v) is 9.01. The van der Waals surface area contributed by atoms with Crippen LogP contribution in [0.4, 0.5) is 34.1 Å². The highest BCUT2D eigenvalue weighted by Gasteiger charge is 2.21. The Hall–Kier alpha value is -7.30. The maximum absolute atomic E-state index is 6.68. The minimum atomic E-state index is 0.833. The highest BCUT2D eigenvalue weighted by molar-refractivity contribution is 6.21. The third-order valence-corrected chi connectivity index (χ3v) is 11.9. The smallest absolute Gasteiger partial charge is 0.139 e. The van der Waals surface area contributed by atoms with Gasteiger partial charge in [0.1, 0.15) is 22.3 Å². The van der Waals surface area contributed by atoms with Gasteiger partial charge in [-0.3, -0.25) is 0 Å². The summed E-state index contributed by atoms with van der Waals surface area (Å²) in [7, 11) is 0. The van der Waals surface area contributed by atoms with Crippen molar-refractivity contribution < 1.29 is 8.83 Å². The Kier molecular flexibility index (Phi) is 7.92. The van der Waals surface area contributed by atoms with Gasteiger partial charge in [0.25, 0.3) is 0 Å². The van der Waals surface area contributed by atoms with Crippen molar-refractivity contribution in [3.05, 3.63) is 192 Å². The van der Waals surface area contributed by atoms with Crippen molar-refractivity contribution in [2.45, 2.75) is 34.6 Å². The van der Waals surface area contributed by atoms with E-state index in [4.69, 9.17) is 8.83 Å². The predicted octanol–water partition coefficient (Wildman–Crippen LogP) is 16.3. The summed E-state index contributed by atoms with van der Waals surface area (Å²) in [4.78, 5) is 4.65. The van der Waals surface area contributed by atoms with Gasteiger partial charge in [0.15, 0.2) is 0 Å². The Labute approximate surface area is 343 Å². The Balaban J connectivity index is 1.02. The number of hydrogen-bond donors (Lipinski definition) is 0. The van der Waals surface area contributed by atoms with Crippen LogP contribution in [-0.4, -0.2) is 0 Å². The molecule has 0 aliphatic rings. The zero-order chi connectivity index (χ0) is 39.9. The van der Waals surface area contributed by atoms with E-state index in [9.17, 15) is 0 Å². The minimum absolute atomic E-state index is 0.833. The summed E-state index contributed by atoms with van der Waals surface area (Å²) in [5, 5.41) is 9.07. The van der Waals surface area contributed by atoms with E-state index in [1.165, 1.54) is 33.0 Å². The molecule has 0 bridgehead atoms. The molecule has 0 radical (unpaired) electrons. The second kappa shape index (κ2) is 13.4. The van der Waals surface area contributed by atoms with Gasteiger partial charge in [0.05, 0.1) is 0 Å². The highest BCUT2D eigenvalue weighted by Crippen LogP contribution is 2.44. The van der Waals surface area contributed by atoms with Gasteiger partial charge in [-0.05, 0) is 170 Å². The lowest BCUT2D eigenvalue weighted by Gasteiger charge is -2.26. The van der Waals surface area contributed by atoms with Crippen LogP contribution in [0.1, 0.15) is 27.8 Å². The zero-order valence-corrected chi connectivity index (χ0v) is 33.8. The molecule has 59 heavy (non-hydrogen) atoms. The SMILES string of the molecule is Cc1ccc(N(c2cccc(C)c2)c2ccc3cc4c(cc3c2)oc2cc3oc5cc6cc(N(c7ccc(C)cc7)c7cccc(C)c7)ccc6cc5c3c(C)c24)cc1. The molecule has 0 amide bonds. The normalized spacial score (nSPS) is 11.8. The van der Waals surface area contributed by atoms with Crippen LogP contribution in [0.15, 0.2) is 173 Å². The summed E-state index contributed by atoms with van der Waals surface area (Å²) in [6.45, 7) is 10.7. The number of aryl methyl sites for hydroxylation is 5. The van der Waals surface area contributed by atoms with E-state index in [-0.39, 0.29) is 0 Å². The molecule has 4 heteroatoms. The van der Waals surface area contributed by atoms with Gasteiger partial charge in [-0.2, -0.15) is 0 Å². The molecule has 284 valence electrons. The maximum atomic E-state index is 6.68. The van der Waals surface area contributed by atoms with E-state index in [2.05, 4.69) is 208 Å². The van der Waals surface area contributed by atoms with Crippen LogP contribution in [0.3, 0.4) is 0 Å². The maximum Gasteiger partial charge on any atom is 0.139 e. The second-order valence-corrected chi connectivity index (χ2v) is 16.2. The topological polar surface area (TPSA) is 32.8 Å². The van der Waals surface area contributed by atoms with Crippen LogP contribution in [0, 0.1) is 34.6 Å². The summed E-state index contributed by atoms with van der Waals surface area (Å²) in [6, 6.07) is 59.3. The Morgan fingerprint density at radius 1 is 0.305 bits per heavy atom. The molecule has 9 aromatic carbocycles. The van der Waals surface area contributed by atoms with Crippen molar-refractivity contribution in [1.82, 2.24) is 0 Å². The van der Waals surface area contributed by atoms with Crippen LogP contribution in [-0.2, 0) is 0 Å². The van der Waals surface area contributed by atoms with E-state index in [0.29, 0.717) is 0 Å². The number of rotatable bonds is 6. The number of anilines is 6. The molecule has 0 unspecified atom stereocenters. The second-order valence-electron chi connectivity index (χ2n) is 16.2. The first-order valence-electron chi connectivity index (χ1n) is 20.3. The number of nitrogens with zero attached hydrogens (tertiary/aromatic N) is 2. The van der Waals surface area contributed by atoms with Crippen molar-refractivity contribution in [3.8, 4) is 0 Å². The number of furan rings is 2. The van der Waals surface area contributed by atoms with Crippen LogP contribution < -0.4 is 9.80 Å². The fourth-order valence-electron chi connectivity index (χ4n) is 9.01. The number of fused-ring (bicyclic) bond motifs is 8. The predicted molar refractivity (Wildman–Crippen MR) is 249 cm³/mol. The Morgan fingerprint density at radius 3 is 1.14 bits per heavy atom. The summed E-state index contributed by atoms with van der Waals surface area (Å²) in [5.41, 5.74) is 16.2. The van der Waals surface area contributed by atoms with Gasteiger partial charge in [-0.1, -0.05) is 71.8 Å². The molecular formula is C55H42N2O2. The summed E-state index contributed by atoms with van der Waals surface area (Å²) < 4.78 is 13.4. The van der Waals surface area contributed by atoms with E-state index >= 15 is 0 Å². The first-order valence-corrected chi connectivity index (χ1v) is 20.3. The van der Waals surface area contributed by atoms with Gasteiger partial charge in [0, 0.05) is 61.7 Å². The third kappa shape index (κ3) is 5.90. The van der Waals surface area contributed by atoms with Crippen LogP contribution in [0.2, 0.25) is 0 Å². The third-order valence-electron chi connectivity index (χ3n) is 11.9. The van der Waals surface area contributed by atoms with Crippen LogP contribution in [0.5, 0.6) is 0 Å². The quantitative estimate of drug-likeness (QED) is 0.169. The van der Waals surface area contributed by atoms with Crippen LogP contribution >= 0.6 is 0 Å². The molecule has 0 aliphatic heterocycles. The fraction of sp³-hybridized carbons (Fsp3) is 0.0909. The van der Waals surface area contributed by atoms with Gasteiger partial charge >= 0.3 is 0 Å². The van der Waals surface area contributed by atoms with E-state index in [1.54, 1.807) is 0 Å². The highest BCUT2D eigenvalue weighted by atomic mass is 16.3. The van der Waals surface area contributed by atoms with Gasteiger partial charge < -0.3 is 18.6 Å². The average molecular weight is 763 g/mol. The van der Waals surface area contributed by atoms with E-state index in [0.717, 1.165) is 94.3 Å². The standard InChI is InChI=1S/C55H42N2O2/c1-33-12-18-42(19-13-33)56(44-10-6-8-35(3)24-44)46-22-16-38-28-48-50(30-40(38)26-46)58-52-32-53-55(37(5)54(48)52)49-29-39-17-23-47(27-41(39)31-51(49)59-53)57(43-20-14-34(2)15-21-43)45-11-7-9-36(4)25-45/h6-32H,1-5H3. The molecule has 0 saturated carbocycles. The lowest BCUT2D eigenvalue weighted by Crippen LogP contribution is -2.10. The summed E-state index contributed by atoms with van der Waals surface area (Å²) >= 11 is 0.